The molecule has 2 aromatic heterocycles. The number of rotatable bonds is 1. The van der Waals surface area contributed by atoms with E-state index in [4.69, 9.17) is 0 Å². The average molecular weight is 217 g/mol. The van der Waals surface area contributed by atoms with Gasteiger partial charge in [0.05, 0.1) is 0 Å². The van der Waals surface area contributed by atoms with Gasteiger partial charge in [-0.25, -0.2) is 4.98 Å². The highest BCUT2D eigenvalue weighted by Crippen LogP contribution is 2.11. The summed E-state index contributed by atoms with van der Waals surface area (Å²) < 4.78 is 0. The maximum atomic E-state index is 11.8. The normalized spacial score (nSPS) is 11.7. The number of hydrogen-bond donors (Lipinski definition) is 2. The minimum atomic E-state index is -0.247. The fourth-order valence-electron chi connectivity index (χ4n) is 1.46. The minimum Gasteiger partial charge on any atom is -0.346 e. The van der Waals surface area contributed by atoms with Crippen molar-refractivity contribution in [3.8, 4) is 0 Å². The van der Waals surface area contributed by atoms with E-state index in [1.807, 2.05) is 39.1 Å². The van der Waals surface area contributed by atoms with Gasteiger partial charge in [-0.3, -0.25) is 4.79 Å². The summed E-state index contributed by atoms with van der Waals surface area (Å²) in [5, 5.41) is 3.88. The first-order valence-electron chi connectivity index (χ1n) is 5.22. The van der Waals surface area contributed by atoms with E-state index >= 15 is 0 Å². The summed E-state index contributed by atoms with van der Waals surface area (Å²) in [5.41, 5.74) is 0.926. The molecule has 84 valence electrons. The predicted molar refractivity (Wildman–Crippen MR) is 63.3 cm³/mol. The van der Waals surface area contributed by atoms with Crippen molar-refractivity contribution >= 4 is 16.9 Å². The lowest BCUT2D eigenvalue weighted by Crippen LogP contribution is -2.40. The second-order valence-electron chi connectivity index (χ2n) is 4.82. The summed E-state index contributed by atoms with van der Waals surface area (Å²) in [6.45, 7) is 5.83. The standard InChI is InChI=1S/C12H15N3O/c1-12(2,3)15-11(16)9-5-4-8-6-7-13-10(8)14-9/h4-7H,1-3H3,(H,13,14)(H,15,16). The topological polar surface area (TPSA) is 57.8 Å². The Morgan fingerprint density at radius 3 is 2.75 bits per heavy atom. The summed E-state index contributed by atoms with van der Waals surface area (Å²) in [7, 11) is 0. The van der Waals surface area contributed by atoms with Crippen LogP contribution in [0.3, 0.4) is 0 Å². The first-order chi connectivity index (χ1) is 7.46. The summed E-state index contributed by atoms with van der Waals surface area (Å²) in [6, 6.07) is 5.54. The lowest BCUT2D eigenvalue weighted by Gasteiger charge is -2.19. The van der Waals surface area contributed by atoms with Crippen molar-refractivity contribution in [1.29, 1.82) is 0 Å². The molecule has 0 aliphatic carbocycles. The predicted octanol–water partition coefficient (Wildman–Crippen LogP) is 2.09. The molecule has 0 radical (unpaired) electrons. The van der Waals surface area contributed by atoms with Crippen LogP contribution in [0.4, 0.5) is 0 Å². The van der Waals surface area contributed by atoms with Gasteiger partial charge in [0.2, 0.25) is 0 Å². The van der Waals surface area contributed by atoms with Crippen molar-refractivity contribution in [2.45, 2.75) is 26.3 Å². The second-order valence-corrected chi connectivity index (χ2v) is 4.82. The highest BCUT2D eigenvalue weighted by atomic mass is 16.2. The van der Waals surface area contributed by atoms with Gasteiger partial charge in [0.1, 0.15) is 11.3 Å². The number of H-pyrrole nitrogens is 1. The Balaban J connectivity index is 2.29. The van der Waals surface area contributed by atoms with Crippen LogP contribution in [0, 0.1) is 0 Å². The Morgan fingerprint density at radius 1 is 1.31 bits per heavy atom. The zero-order valence-electron chi connectivity index (χ0n) is 9.66. The van der Waals surface area contributed by atoms with E-state index in [-0.39, 0.29) is 11.4 Å². The number of nitrogens with one attached hydrogen (secondary N) is 2. The fourth-order valence-corrected chi connectivity index (χ4v) is 1.46. The number of carbonyl (C=O) groups excluding carboxylic acids is 1. The van der Waals surface area contributed by atoms with Gasteiger partial charge in [0.25, 0.3) is 5.91 Å². The molecule has 1 amide bonds. The summed E-state index contributed by atoms with van der Waals surface area (Å²) in [5.74, 6) is -0.149. The molecule has 0 saturated carbocycles. The van der Waals surface area contributed by atoms with Crippen LogP contribution in [0.5, 0.6) is 0 Å². The van der Waals surface area contributed by atoms with E-state index < -0.39 is 0 Å². The Morgan fingerprint density at radius 2 is 2.06 bits per heavy atom. The molecule has 0 aliphatic rings. The Labute approximate surface area is 94.1 Å². The molecule has 0 bridgehead atoms. The van der Waals surface area contributed by atoms with Crippen molar-refractivity contribution in [3.05, 3.63) is 30.1 Å². The van der Waals surface area contributed by atoms with Crippen LogP contribution in [-0.2, 0) is 0 Å². The van der Waals surface area contributed by atoms with Crippen LogP contribution in [0.15, 0.2) is 24.4 Å². The van der Waals surface area contributed by atoms with Crippen molar-refractivity contribution in [1.82, 2.24) is 15.3 Å². The van der Waals surface area contributed by atoms with Crippen molar-refractivity contribution in [2.75, 3.05) is 0 Å². The van der Waals surface area contributed by atoms with Gasteiger partial charge in [-0.1, -0.05) is 0 Å². The summed E-state index contributed by atoms with van der Waals surface area (Å²) >= 11 is 0. The van der Waals surface area contributed by atoms with Gasteiger partial charge in [0.15, 0.2) is 0 Å². The molecule has 2 rings (SSSR count). The zero-order valence-corrected chi connectivity index (χ0v) is 9.66. The van der Waals surface area contributed by atoms with Gasteiger partial charge in [0, 0.05) is 17.1 Å². The molecule has 2 N–H and O–H groups in total. The molecule has 4 nitrogen and oxygen atoms in total. The Bertz CT molecular complexity index is 522. The van der Waals surface area contributed by atoms with E-state index in [9.17, 15) is 4.79 Å². The largest absolute Gasteiger partial charge is 0.346 e. The van der Waals surface area contributed by atoms with Gasteiger partial charge in [-0.05, 0) is 39.0 Å². The van der Waals surface area contributed by atoms with Crippen LogP contribution >= 0.6 is 0 Å². The van der Waals surface area contributed by atoms with Crippen molar-refractivity contribution < 1.29 is 4.79 Å². The van der Waals surface area contributed by atoms with E-state index in [1.165, 1.54) is 0 Å². The number of fused-ring (bicyclic) bond motifs is 1. The molecule has 0 aromatic carbocycles. The van der Waals surface area contributed by atoms with Crippen LogP contribution < -0.4 is 5.32 Å². The molecule has 16 heavy (non-hydrogen) atoms. The number of pyridine rings is 1. The quantitative estimate of drug-likeness (QED) is 0.768. The highest BCUT2D eigenvalue weighted by molar-refractivity contribution is 5.94. The molecule has 0 unspecified atom stereocenters. The van der Waals surface area contributed by atoms with E-state index in [2.05, 4.69) is 15.3 Å². The number of aromatic amines is 1. The zero-order chi connectivity index (χ0) is 11.8. The molecule has 2 heterocycles. The highest BCUT2D eigenvalue weighted by Gasteiger charge is 2.16. The van der Waals surface area contributed by atoms with Crippen LogP contribution in [0.2, 0.25) is 0 Å². The van der Waals surface area contributed by atoms with Crippen LogP contribution in [0.25, 0.3) is 11.0 Å². The maximum Gasteiger partial charge on any atom is 0.270 e. The molecule has 0 atom stereocenters. The molecule has 4 heteroatoms. The first-order valence-corrected chi connectivity index (χ1v) is 5.22. The van der Waals surface area contributed by atoms with Gasteiger partial charge >= 0.3 is 0 Å². The Hall–Kier alpha value is -1.84. The number of hydrogen-bond acceptors (Lipinski definition) is 2. The fraction of sp³-hybridized carbons (Fsp3) is 0.333. The number of amides is 1. The molecule has 0 spiro atoms. The lowest BCUT2D eigenvalue weighted by atomic mass is 10.1. The van der Waals surface area contributed by atoms with Crippen molar-refractivity contribution in [3.63, 3.8) is 0 Å². The third-order valence-electron chi connectivity index (χ3n) is 2.13. The maximum absolute atomic E-state index is 11.8. The van der Waals surface area contributed by atoms with Crippen LogP contribution in [0.1, 0.15) is 31.3 Å². The van der Waals surface area contributed by atoms with Gasteiger partial charge in [-0.15, -0.1) is 0 Å². The SMILES string of the molecule is CC(C)(C)NC(=O)c1ccc2cc[nH]c2n1. The third-order valence-corrected chi connectivity index (χ3v) is 2.13. The van der Waals surface area contributed by atoms with E-state index in [0.29, 0.717) is 5.69 Å². The number of carbonyl (C=O) groups is 1. The van der Waals surface area contributed by atoms with E-state index in [0.717, 1.165) is 11.0 Å². The number of nitrogens with zero attached hydrogens (tertiary/aromatic N) is 1. The lowest BCUT2D eigenvalue weighted by molar-refractivity contribution is 0.0915. The molecular weight excluding hydrogens is 202 g/mol. The summed E-state index contributed by atoms with van der Waals surface area (Å²) in [6.07, 6.45) is 1.81. The third kappa shape index (κ3) is 2.21. The molecule has 2 aromatic rings. The molecule has 0 saturated heterocycles. The number of aromatic nitrogens is 2. The molecule has 0 fully saturated rings. The second kappa shape index (κ2) is 3.63. The average Bonchev–Trinajstić information content (AvgIpc) is 2.61. The van der Waals surface area contributed by atoms with Crippen molar-refractivity contribution in [2.24, 2.45) is 0 Å². The molecule has 0 aliphatic heterocycles. The molecular formula is C12H15N3O. The van der Waals surface area contributed by atoms with Gasteiger partial charge in [-0.2, -0.15) is 0 Å². The van der Waals surface area contributed by atoms with Gasteiger partial charge < -0.3 is 10.3 Å². The van der Waals surface area contributed by atoms with E-state index in [1.54, 1.807) is 6.07 Å². The smallest absolute Gasteiger partial charge is 0.270 e. The minimum absolute atomic E-state index is 0.149. The first kappa shape index (κ1) is 10.7. The Kier molecular flexibility index (Phi) is 2.42. The monoisotopic (exact) mass is 217 g/mol. The summed E-state index contributed by atoms with van der Waals surface area (Å²) in [4.78, 5) is 19.1. The van der Waals surface area contributed by atoms with Crippen LogP contribution in [-0.4, -0.2) is 21.4 Å².